The molecule has 0 bridgehead atoms. The summed E-state index contributed by atoms with van der Waals surface area (Å²) in [5.41, 5.74) is 2.79. The maximum absolute atomic E-state index is 12.1. The lowest BCUT2D eigenvalue weighted by Gasteiger charge is -2.16. The molecule has 2 aromatic carbocycles. The highest BCUT2D eigenvalue weighted by molar-refractivity contribution is 8.05. The molecule has 5 heteroatoms. The summed E-state index contributed by atoms with van der Waals surface area (Å²) < 4.78 is 5.36. The van der Waals surface area contributed by atoms with Crippen molar-refractivity contribution < 1.29 is 9.53 Å². The third-order valence-electron chi connectivity index (χ3n) is 3.47. The van der Waals surface area contributed by atoms with Crippen molar-refractivity contribution in [1.29, 1.82) is 0 Å². The van der Waals surface area contributed by atoms with Crippen LogP contribution in [0.3, 0.4) is 0 Å². The van der Waals surface area contributed by atoms with Crippen LogP contribution < -0.4 is 15.4 Å². The van der Waals surface area contributed by atoms with Gasteiger partial charge in [-0.3, -0.25) is 4.79 Å². The quantitative estimate of drug-likeness (QED) is 0.843. The van der Waals surface area contributed by atoms with Gasteiger partial charge in [-0.1, -0.05) is 48.2 Å². The lowest BCUT2D eigenvalue weighted by molar-refractivity contribution is -0.116. The summed E-state index contributed by atoms with van der Waals surface area (Å²) in [5.74, 6) is 0.689. The first-order chi connectivity index (χ1) is 11.2. The molecule has 1 saturated heterocycles. The normalized spacial score (nSPS) is 18.8. The van der Waals surface area contributed by atoms with Crippen LogP contribution in [0.1, 0.15) is 11.1 Å². The van der Waals surface area contributed by atoms with Crippen molar-refractivity contribution in [3.8, 4) is 5.75 Å². The van der Waals surface area contributed by atoms with Gasteiger partial charge in [-0.25, -0.2) is 0 Å². The molecule has 1 unspecified atom stereocenters. The minimum Gasteiger partial charge on any atom is -0.495 e. The average Bonchev–Trinajstić information content (AvgIpc) is 2.88. The number of ether oxygens (including phenoxy) is 1. The Hall–Kier alpha value is -2.40. The van der Waals surface area contributed by atoms with Crippen LogP contribution in [0.5, 0.6) is 5.75 Å². The van der Waals surface area contributed by atoms with Crippen molar-refractivity contribution in [2.45, 2.75) is 12.4 Å². The molecule has 0 radical (unpaired) electrons. The fraction of sp³-hybridized carbons (Fsp3) is 0.167. The van der Waals surface area contributed by atoms with Crippen LogP contribution >= 0.6 is 11.8 Å². The van der Waals surface area contributed by atoms with E-state index in [2.05, 4.69) is 10.6 Å². The topological polar surface area (TPSA) is 50.4 Å². The molecule has 1 amide bonds. The van der Waals surface area contributed by atoms with E-state index in [1.165, 1.54) is 11.8 Å². The molecule has 4 nitrogen and oxygen atoms in total. The molecule has 0 aromatic heterocycles. The molecule has 1 aliphatic heterocycles. The summed E-state index contributed by atoms with van der Waals surface area (Å²) in [6, 6.07) is 15.7. The Morgan fingerprint density at radius 1 is 1.22 bits per heavy atom. The minimum atomic E-state index is -0.215. The van der Waals surface area contributed by atoms with Crippen LogP contribution in [0.25, 0.3) is 6.08 Å². The Balaban J connectivity index is 1.76. The number of carbonyl (C=O) groups is 1. The Morgan fingerprint density at radius 3 is 2.74 bits per heavy atom. The number of rotatable bonds is 4. The van der Waals surface area contributed by atoms with E-state index in [9.17, 15) is 4.79 Å². The molecule has 1 fully saturated rings. The predicted molar refractivity (Wildman–Crippen MR) is 95.3 cm³/mol. The fourth-order valence-corrected chi connectivity index (χ4v) is 3.32. The van der Waals surface area contributed by atoms with E-state index in [0.717, 1.165) is 22.6 Å². The number of carbonyl (C=O) groups excluding carboxylic acids is 1. The van der Waals surface area contributed by atoms with Gasteiger partial charge in [-0.05, 0) is 36.3 Å². The molecule has 1 atom stereocenters. The van der Waals surface area contributed by atoms with Crippen LogP contribution in [-0.2, 0) is 4.79 Å². The molecule has 3 rings (SSSR count). The second kappa shape index (κ2) is 6.79. The number of aryl methyl sites for hydroxylation is 1. The lowest BCUT2D eigenvalue weighted by atomic mass is 10.2. The van der Waals surface area contributed by atoms with E-state index in [1.54, 1.807) is 7.11 Å². The monoisotopic (exact) mass is 326 g/mol. The highest BCUT2D eigenvalue weighted by atomic mass is 32.2. The molecule has 1 heterocycles. The van der Waals surface area contributed by atoms with Crippen molar-refractivity contribution in [1.82, 2.24) is 5.32 Å². The van der Waals surface area contributed by atoms with E-state index in [-0.39, 0.29) is 11.4 Å². The van der Waals surface area contributed by atoms with Crippen molar-refractivity contribution in [2.24, 2.45) is 0 Å². The van der Waals surface area contributed by atoms with Gasteiger partial charge in [0.05, 0.1) is 17.7 Å². The van der Waals surface area contributed by atoms with Gasteiger partial charge >= 0.3 is 0 Å². The number of hydrogen-bond acceptors (Lipinski definition) is 4. The van der Waals surface area contributed by atoms with E-state index in [4.69, 9.17) is 4.74 Å². The minimum absolute atomic E-state index is 0.0667. The number of hydrogen-bond donors (Lipinski definition) is 2. The third kappa shape index (κ3) is 3.68. The van der Waals surface area contributed by atoms with Gasteiger partial charge in [0.15, 0.2) is 5.50 Å². The number of amides is 1. The van der Waals surface area contributed by atoms with Crippen molar-refractivity contribution >= 4 is 29.4 Å². The first-order valence-corrected chi connectivity index (χ1v) is 8.19. The van der Waals surface area contributed by atoms with Crippen molar-refractivity contribution in [3.05, 3.63) is 64.6 Å². The van der Waals surface area contributed by atoms with Gasteiger partial charge in [0.1, 0.15) is 5.75 Å². The highest BCUT2D eigenvalue weighted by Gasteiger charge is 2.27. The molecular formula is C18H18N2O2S. The van der Waals surface area contributed by atoms with Gasteiger partial charge in [0.2, 0.25) is 0 Å². The Bertz CT molecular complexity index is 744. The van der Waals surface area contributed by atoms with Crippen LogP contribution in [0.2, 0.25) is 0 Å². The van der Waals surface area contributed by atoms with E-state index in [0.29, 0.717) is 4.91 Å². The molecule has 0 aliphatic carbocycles. The Morgan fingerprint density at radius 2 is 2.00 bits per heavy atom. The number of anilines is 1. The zero-order valence-electron chi connectivity index (χ0n) is 13.0. The van der Waals surface area contributed by atoms with Gasteiger partial charge in [0, 0.05) is 0 Å². The second-order valence-corrected chi connectivity index (χ2v) is 6.39. The van der Waals surface area contributed by atoms with Crippen LogP contribution in [-0.4, -0.2) is 18.5 Å². The summed E-state index contributed by atoms with van der Waals surface area (Å²) in [6.07, 6.45) is 1.90. The second-order valence-electron chi connectivity index (χ2n) is 5.24. The van der Waals surface area contributed by atoms with Gasteiger partial charge < -0.3 is 15.4 Å². The molecule has 2 aromatic rings. The summed E-state index contributed by atoms with van der Waals surface area (Å²) in [5, 5.41) is 6.25. The summed E-state index contributed by atoms with van der Waals surface area (Å²) in [6.45, 7) is 2.02. The number of thioether (sulfide) groups is 1. The SMILES string of the molecule is COc1ccc(C)cc1NC1NC(=O)/C(=C/c2ccccc2)S1. The highest BCUT2D eigenvalue weighted by Crippen LogP contribution is 2.33. The fourth-order valence-electron chi connectivity index (χ4n) is 2.34. The zero-order chi connectivity index (χ0) is 16.2. The molecule has 1 aliphatic rings. The first kappa shape index (κ1) is 15.5. The standard InChI is InChI=1S/C18H18N2O2S/c1-12-8-9-15(22-2)14(10-12)19-18-20-17(21)16(23-18)11-13-6-4-3-5-7-13/h3-11,18-19H,1-2H3,(H,20,21)/b16-11-. The number of methoxy groups -OCH3 is 1. The summed E-state index contributed by atoms with van der Waals surface area (Å²) in [7, 11) is 1.64. The molecule has 0 saturated carbocycles. The predicted octanol–water partition coefficient (Wildman–Crippen LogP) is 3.60. The van der Waals surface area contributed by atoms with Crippen molar-refractivity contribution in [3.63, 3.8) is 0 Å². The van der Waals surface area contributed by atoms with Gasteiger partial charge in [0.25, 0.3) is 5.91 Å². The number of benzene rings is 2. The molecule has 2 N–H and O–H groups in total. The molecule has 23 heavy (non-hydrogen) atoms. The lowest BCUT2D eigenvalue weighted by Crippen LogP contribution is -2.31. The first-order valence-electron chi connectivity index (χ1n) is 7.31. The zero-order valence-corrected chi connectivity index (χ0v) is 13.8. The van der Waals surface area contributed by atoms with Crippen LogP contribution in [0, 0.1) is 6.92 Å². The number of nitrogens with one attached hydrogen (secondary N) is 2. The Labute approximate surface area is 139 Å². The van der Waals surface area contributed by atoms with Crippen LogP contribution in [0.15, 0.2) is 53.4 Å². The van der Waals surface area contributed by atoms with Crippen LogP contribution in [0.4, 0.5) is 5.69 Å². The van der Waals surface area contributed by atoms with Gasteiger partial charge in [-0.15, -0.1) is 0 Å². The maximum atomic E-state index is 12.1. The molecule has 0 spiro atoms. The van der Waals surface area contributed by atoms with Crippen molar-refractivity contribution in [2.75, 3.05) is 12.4 Å². The summed E-state index contributed by atoms with van der Waals surface area (Å²) >= 11 is 1.47. The maximum Gasteiger partial charge on any atom is 0.260 e. The smallest absolute Gasteiger partial charge is 0.260 e. The third-order valence-corrected chi connectivity index (χ3v) is 4.50. The average molecular weight is 326 g/mol. The Kier molecular flexibility index (Phi) is 4.57. The summed E-state index contributed by atoms with van der Waals surface area (Å²) in [4.78, 5) is 12.8. The van der Waals surface area contributed by atoms with E-state index < -0.39 is 0 Å². The van der Waals surface area contributed by atoms with Gasteiger partial charge in [-0.2, -0.15) is 0 Å². The largest absolute Gasteiger partial charge is 0.495 e. The molecule has 118 valence electrons. The molecular weight excluding hydrogens is 308 g/mol. The van der Waals surface area contributed by atoms with E-state index >= 15 is 0 Å². The van der Waals surface area contributed by atoms with E-state index in [1.807, 2.05) is 61.5 Å².